The molecule has 0 saturated heterocycles. The summed E-state index contributed by atoms with van der Waals surface area (Å²) in [6.07, 6.45) is 1.26. The van der Waals surface area contributed by atoms with Crippen LogP contribution in [0.15, 0.2) is 24.4 Å². The molecule has 3 heterocycles. The Bertz CT molecular complexity index is 826. The van der Waals surface area contributed by atoms with Crippen molar-refractivity contribution < 1.29 is 13.9 Å². The van der Waals surface area contributed by atoms with Crippen LogP contribution in [0.2, 0.25) is 0 Å². The summed E-state index contributed by atoms with van der Waals surface area (Å²) in [7, 11) is 0. The van der Waals surface area contributed by atoms with Gasteiger partial charge in [-0.05, 0) is 37.6 Å². The van der Waals surface area contributed by atoms with Crippen molar-refractivity contribution in [3.63, 3.8) is 0 Å². The van der Waals surface area contributed by atoms with Crippen LogP contribution in [-0.2, 0) is 4.74 Å². The Hall–Kier alpha value is -2.50. The number of imidazole rings is 1. The van der Waals surface area contributed by atoms with E-state index in [1.807, 2.05) is 13.0 Å². The predicted molar refractivity (Wildman–Crippen MR) is 71.1 cm³/mol. The number of ether oxygens (including phenoxy) is 1. The zero-order chi connectivity index (χ0) is 14.3. The number of hydrogen-bond acceptors (Lipinski definition) is 4. The molecule has 0 aliphatic heterocycles. The normalized spacial score (nSPS) is 11.2. The van der Waals surface area contributed by atoms with Crippen LogP contribution in [0.5, 0.6) is 0 Å². The lowest BCUT2D eigenvalue weighted by atomic mass is 10.2. The molecular weight excluding hydrogens is 261 g/mol. The first-order valence-corrected chi connectivity index (χ1v) is 6.22. The highest BCUT2D eigenvalue weighted by Crippen LogP contribution is 2.20. The molecular formula is C14H12FN3O2. The number of carbonyl (C=O) groups excluding carboxylic acids is 1. The molecule has 102 valence electrons. The predicted octanol–water partition coefficient (Wildman–Crippen LogP) is 2.51. The Labute approximate surface area is 114 Å². The lowest BCUT2D eigenvalue weighted by Crippen LogP contribution is -2.08. The maximum absolute atomic E-state index is 13.4. The van der Waals surface area contributed by atoms with Gasteiger partial charge < -0.3 is 4.74 Å². The molecule has 0 bridgehead atoms. The third-order valence-corrected chi connectivity index (χ3v) is 3.02. The van der Waals surface area contributed by atoms with Gasteiger partial charge in [0, 0.05) is 5.39 Å². The van der Waals surface area contributed by atoms with Crippen LogP contribution in [0.25, 0.3) is 16.7 Å². The molecule has 0 spiro atoms. The molecule has 0 atom stereocenters. The smallest absolute Gasteiger partial charge is 0.356 e. The standard InChI is InChI=1S/C14H12FN3O2/c1-3-20-14(19)10-5-4-9-6-8(2)12-17-11(15)7-18(12)13(9)16-10/h4-7H,3H2,1-2H3. The number of aryl methyl sites for hydroxylation is 1. The van der Waals surface area contributed by atoms with Crippen molar-refractivity contribution in [3.8, 4) is 0 Å². The van der Waals surface area contributed by atoms with Gasteiger partial charge in [-0.3, -0.25) is 4.40 Å². The molecule has 5 nitrogen and oxygen atoms in total. The van der Waals surface area contributed by atoms with E-state index in [9.17, 15) is 9.18 Å². The first-order chi connectivity index (χ1) is 9.60. The maximum atomic E-state index is 13.4. The molecule has 0 fully saturated rings. The third kappa shape index (κ3) is 1.89. The molecule has 3 aromatic heterocycles. The summed E-state index contributed by atoms with van der Waals surface area (Å²) >= 11 is 0. The van der Waals surface area contributed by atoms with Gasteiger partial charge >= 0.3 is 5.97 Å². The van der Waals surface area contributed by atoms with Crippen LogP contribution in [-0.4, -0.2) is 26.9 Å². The Kier molecular flexibility index (Phi) is 2.85. The largest absolute Gasteiger partial charge is 0.461 e. The first kappa shape index (κ1) is 12.5. The molecule has 0 aromatic carbocycles. The van der Waals surface area contributed by atoms with E-state index in [1.165, 1.54) is 6.20 Å². The summed E-state index contributed by atoms with van der Waals surface area (Å²) in [5.41, 5.74) is 2.00. The highest BCUT2D eigenvalue weighted by molar-refractivity contribution is 5.91. The summed E-state index contributed by atoms with van der Waals surface area (Å²) in [6.45, 7) is 3.85. The van der Waals surface area contributed by atoms with Crippen molar-refractivity contribution in [2.24, 2.45) is 0 Å². The molecule has 0 unspecified atom stereocenters. The van der Waals surface area contributed by atoms with Gasteiger partial charge in [-0.2, -0.15) is 4.39 Å². The van der Waals surface area contributed by atoms with Crippen LogP contribution in [0, 0.1) is 12.9 Å². The van der Waals surface area contributed by atoms with Crippen LogP contribution in [0.4, 0.5) is 4.39 Å². The van der Waals surface area contributed by atoms with Gasteiger partial charge in [0.15, 0.2) is 5.69 Å². The number of esters is 1. The van der Waals surface area contributed by atoms with Gasteiger partial charge in [0.1, 0.15) is 11.3 Å². The van der Waals surface area contributed by atoms with E-state index >= 15 is 0 Å². The number of halogens is 1. The van der Waals surface area contributed by atoms with Crippen LogP contribution in [0.3, 0.4) is 0 Å². The monoisotopic (exact) mass is 273 g/mol. The van der Waals surface area contributed by atoms with E-state index in [2.05, 4.69) is 9.97 Å². The quantitative estimate of drug-likeness (QED) is 0.673. The molecule has 0 radical (unpaired) electrons. The summed E-state index contributed by atoms with van der Waals surface area (Å²) < 4.78 is 19.8. The van der Waals surface area contributed by atoms with Gasteiger partial charge in [-0.25, -0.2) is 14.8 Å². The second kappa shape index (κ2) is 4.56. The van der Waals surface area contributed by atoms with E-state index in [1.54, 1.807) is 23.5 Å². The number of nitrogens with zero attached hydrogens (tertiary/aromatic N) is 3. The van der Waals surface area contributed by atoms with Gasteiger partial charge in [0.25, 0.3) is 0 Å². The molecule has 0 N–H and O–H groups in total. The molecule has 0 aliphatic rings. The number of hydrogen-bond donors (Lipinski definition) is 0. The molecule has 3 aromatic rings. The summed E-state index contributed by atoms with van der Waals surface area (Å²) in [5.74, 6) is -1.08. The summed E-state index contributed by atoms with van der Waals surface area (Å²) in [4.78, 5) is 19.8. The average Bonchev–Trinajstić information content (AvgIpc) is 2.81. The van der Waals surface area contributed by atoms with E-state index in [-0.39, 0.29) is 12.3 Å². The minimum Gasteiger partial charge on any atom is -0.461 e. The highest BCUT2D eigenvalue weighted by atomic mass is 19.1. The van der Waals surface area contributed by atoms with Crippen LogP contribution < -0.4 is 0 Å². The lowest BCUT2D eigenvalue weighted by Gasteiger charge is -2.06. The highest BCUT2D eigenvalue weighted by Gasteiger charge is 2.13. The van der Waals surface area contributed by atoms with Crippen LogP contribution in [0.1, 0.15) is 23.0 Å². The Morgan fingerprint density at radius 3 is 2.90 bits per heavy atom. The molecule has 0 saturated carbocycles. The zero-order valence-electron chi connectivity index (χ0n) is 11.1. The van der Waals surface area contributed by atoms with Gasteiger partial charge in [-0.1, -0.05) is 0 Å². The Morgan fingerprint density at radius 2 is 2.15 bits per heavy atom. The number of rotatable bonds is 2. The molecule has 0 aliphatic carbocycles. The number of carbonyl (C=O) groups is 1. The van der Waals surface area contributed by atoms with Gasteiger partial charge in [0.05, 0.1) is 12.8 Å². The fourth-order valence-electron chi connectivity index (χ4n) is 2.17. The number of pyridine rings is 2. The van der Waals surface area contributed by atoms with Gasteiger partial charge in [0.2, 0.25) is 5.95 Å². The average molecular weight is 273 g/mol. The fraction of sp³-hybridized carbons (Fsp3) is 0.214. The lowest BCUT2D eigenvalue weighted by molar-refractivity contribution is 0.0520. The van der Waals surface area contributed by atoms with Crippen molar-refractivity contribution in [2.75, 3.05) is 6.61 Å². The van der Waals surface area contributed by atoms with Crippen LogP contribution >= 0.6 is 0 Å². The minimum atomic E-state index is -0.580. The molecule has 20 heavy (non-hydrogen) atoms. The molecule has 0 amide bonds. The topological polar surface area (TPSA) is 56.5 Å². The second-order valence-corrected chi connectivity index (χ2v) is 4.41. The SMILES string of the molecule is CCOC(=O)c1ccc2cc(C)c3nc(F)cn3c2n1. The minimum absolute atomic E-state index is 0.193. The van der Waals surface area contributed by atoms with E-state index < -0.39 is 11.9 Å². The third-order valence-electron chi connectivity index (χ3n) is 3.02. The zero-order valence-corrected chi connectivity index (χ0v) is 11.1. The van der Waals surface area contributed by atoms with Crippen molar-refractivity contribution in [1.82, 2.24) is 14.4 Å². The molecule has 6 heteroatoms. The maximum Gasteiger partial charge on any atom is 0.356 e. The second-order valence-electron chi connectivity index (χ2n) is 4.41. The Balaban J connectivity index is 2.29. The first-order valence-electron chi connectivity index (χ1n) is 6.22. The summed E-state index contributed by atoms with van der Waals surface area (Å²) in [6, 6.07) is 5.22. The number of aromatic nitrogens is 3. The molecule has 3 rings (SSSR count). The van der Waals surface area contributed by atoms with Gasteiger partial charge in [-0.15, -0.1) is 0 Å². The Morgan fingerprint density at radius 1 is 1.35 bits per heavy atom. The van der Waals surface area contributed by atoms with Crippen molar-refractivity contribution >= 4 is 22.6 Å². The van der Waals surface area contributed by atoms with E-state index in [4.69, 9.17) is 4.74 Å². The fourth-order valence-corrected chi connectivity index (χ4v) is 2.17. The van der Waals surface area contributed by atoms with E-state index in [0.29, 0.717) is 11.3 Å². The van der Waals surface area contributed by atoms with Crippen molar-refractivity contribution in [3.05, 3.63) is 41.6 Å². The summed E-state index contributed by atoms with van der Waals surface area (Å²) in [5, 5.41) is 0.806. The number of fused-ring (bicyclic) bond motifs is 3. The van der Waals surface area contributed by atoms with Crippen molar-refractivity contribution in [2.45, 2.75) is 13.8 Å². The van der Waals surface area contributed by atoms with E-state index in [0.717, 1.165) is 10.9 Å². The van der Waals surface area contributed by atoms with Crippen molar-refractivity contribution in [1.29, 1.82) is 0 Å².